The van der Waals surface area contributed by atoms with E-state index in [4.69, 9.17) is 0 Å². The zero-order chi connectivity index (χ0) is 13.4. The third kappa shape index (κ3) is 3.07. The molecule has 3 aliphatic carbocycles. The fourth-order valence-corrected chi connectivity index (χ4v) is 5.18. The van der Waals surface area contributed by atoms with Crippen LogP contribution in [-0.4, -0.2) is 11.8 Å². The minimum absolute atomic E-state index is 0.807. The number of nitrogens with one attached hydrogen (secondary N) is 1. The summed E-state index contributed by atoms with van der Waals surface area (Å²) < 4.78 is 0. The lowest BCUT2D eigenvalue weighted by Gasteiger charge is -2.21. The van der Waals surface area contributed by atoms with Gasteiger partial charge in [0.05, 0.1) is 0 Å². The number of benzene rings is 1. The monoisotopic (exact) mass is 287 g/mol. The summed E-state index contributed by atoms with van der Waals surface area (Å²) in [6.45, 7) is 1.04. The van der Waals surface area contributed by atoms with Crippen LogP contribution < -0.4 is 5.32 Å². The molecule has 108 valence electrons. The fourth-order valence-electron chi connectivity index (χ4n) is 4.04. The second kappa shape index (κ2) is 5.73. The van der Waals surface area contributed by atoms with Gasteiger partial charge < -0.3 is 5.32 Å². The number of fused-ring (bicyclic) bond motifs is 2. The smallest absolute Gasteiger partial charge is 0.0208 e. The molecule has 1 aromatic carbocycles. The van der Waals surface area contributed by atoms with Crippen LogP contribution in [0.1, 0.15) is 44.1 Å². The molecule has 0 spiro atoms. The van der Waals surface area contributed by atoms with Gasteiger partial charge in [-0.2, -0.15) is 0 Å². The van der Waals surface area contributed by atoms with Crippen molar-refractivity contribution in [2.75, 3.05) is 5.75 Å². The summed E-state index contributed by atoms with van der Waals surface area (Å²) in [6.07, 6.45) is 8.84. The van der Waals surface area contributed by atoms with Crippen molar-refractivity contribution in [1.82, 2.24) is 5.32 Å². The van der Waals surface area contributed by atoms with E-state index in [1.165, 1.54) is 54.7 Å². The molecule has 1 nitrogen and oxygen atoms in total. The zero-order valence-corrected chi connectivity index (χ0v) is 13.0. The van der Waals surface area contributed by atoms with Gasteiger partial charge in [-0.25, -0.2) is 0 Å². The highest BCUT2D eigenvalue weighted by atomic mass is 32.2. The molecule has 3 aliphatic rings. The summed E-state index contributed by atoms with van der Waals surface area (Å²) in [5.41, 5.74) is 1.43. The van der Waals surface area contributed by atoms with E-state index >= 15 is 0 Å². The lowest BCUT2D eigenvalue weighted by Crippen LogP contribution is -2.15. The standard InChI is InChI=1S/C18H25NS/c1-4-15-9-14(1)10-16(15)12-20-18-7-2-13(3-8-18)11-19-17-5-6-17/h2-3,7-8,14-17,19H,1,4-6,9-12H2. The maximum atomic E-state index is 3.58. The lowest BCUT2D eigenvalue weighted by molar-refractivity contribution is 0.365. The summed E-state index contributed by atoms with van der Waals surface area (Å²) >= 11 is 2.08. The Balaban J connectivity index is 1.26. The summed E-state index contributed by atoms with van der Waals surface area (Å²) in [7, 11) is 0. The predicted molar refractivity (Wildman–Crippen MR) is 86.0 cm³/mol. The average Bonchev–Trinajstić information content (AvgIpc) is 3.08. The molecule has 0 amide bonds. The first kappa shape index (κ1) is 13.2. The van der Waals surface area contributed by atoms with Crippen molar-refractivity contribution in [3.8, 4) is 0 Å². The van der Waals surface area contributed by atoms with E-state index in [0.29, 0.717) is 0 Å². The Morgan fingerprint density at radius 2 is 1.85 bits per heavy atom. The van der Waals surface area contributed by atoms with Gasteiger partial charge in [-0.15, -0.1) is 11.8 Å². The first-order chi connectivity index (χ1) is 9.87. The molecule has 0 heterocycles. The number of rotatable bonds is 6. The average molecular weight is 287 g/mol. The predicted octanol–water partition coefficient (Wildman–Crippen LogP) is 4.47. The number of hydrogen-bond acceptors (Lipinski definition) is 2. The van der Waals surface area contributed by atoms with E-state index in [0.717, 1.165) is 30.3 Å². The summed E-state index contributed by atoms with van der Waals surface area (Å²) in [5, 5.41) is 3.58. The molecule has 2 bridgehead atoms. The minimum atomic E-state index is 0.807. The third-order valence-corrected chi connectivity index (χ3v) is 6.64. The Morgan fingerprint density at radius 1 is 1.00 bits per heavy atom. The first-order valence-electron chi connectivity index (χ1n) is 8.32. The molecule has 2 heteroatoms. The Hall–Kier alpha value is -0.470. The Labute approximate surface area is 126 Å². The normalized spacial score (nSPS) is 31.9. The van der Waals surface area contributed by atoms with Gasteiger partial charge in [-0.05, 0) is 67.6 Å². The van der Waals surface area contributed by atoms with Crippen molar-refractivity contribution in [2.24, 2.45) is 17.8 Å². The fraction of sp³-hybridized carbons (Fsp3) is 0.667. The summed E-state index contributed by atoms with van der Waals surface area (Å²) in [6, 6.07) is 10.1. The molecule has 3 unspecified atom stereocenters. The molecule has 0 radical (unpaired) electrons. The van der Waals surface area contributed by atoms with Crippen LogP contribution in [0.25, 0.3) is 0 Å². The van der Waals surface area contributed by atoms with Crippen molar-refractivity contribution >= 4 is 11.8 Å². The molecule has 0 saturated heterocycles. The molecule has 1 aromatic rings. The van der Waals surface area contributed by atoms with Crippen LogP contribution in [0.5, 0.6) is 0 Å². The van der Waals surface area contributed by atoms with Crippen molar-refractivity contribution in [2.45, 2.75) is 56.0 Å². The highest BCUT2D eigenvalue weighted by Crippen LogP contribution is 2.49. The van der Waals surface area contributed by atoms with Crippen LogP contribution in [0.2, 0.25) is 0 Å². The highest BCUT2D eigenvalue weighted by Gasteiger charge is 2.39. The van der Waals surface area contributed by atoms with E-state index < -0.39 is 0 Å². The second-order valence-corrected chi connectivity index (χ2v) is 8.14. The van der Waals surface area contributed by atoms with Crippen molar-refractivity contribution < 1.29 is 0 Å². The van der Waals surface area contributed by atoms with E-state index in [1.807, 2.05) is 0 Å². The summed E-state index contributed by atoms with van der Waals surface area (Å²) in [4.78, 5) is 1.46. The molecule has 3 saturated carbocycles. The molecule has 20 heavy (non-hydrogen) atoms. The third-order valence-electron chi connectivity index (χ3n) is 5.44. The molecule has 0 aliphatic heterocycles. The largest absolute Gasteiger partial charge is 0.310 e. The molecule has 3 atom stereocenters. The lowest BCUT2D eigenvalue weighted by atomic mass is 9.90. The number of hydrogen-bond donors (Lipinski definition) is 1. The van der Waals surface area contributed by atoms with Gasteiger partial charge in [0.1, 0.15) is 0 Å². The van der Waals surface area contributed by atoms with Gasteiger partial charge in [-0.1, -0.05) is 18.6 Å². The van der Waals surface area contributed by atoms with Gasteiger partial charge >= 0.3 is 0 Å². The van der Waals surface area contributed by atoms with Crippen LogP contribution in [0.3, 0.4) is 0 Å². The van der Waals surface area contributed by atoms with E-state index in [1.54, 1.807) is 0 Å². The van der Waals surface area contributed by atoms with Gasteiger partial charge in [0.25, 0.3) is 0 Å². The maximum Gasteiger partial charge on any atom is 0.0208 e. The van der Waals surface area contributed by atoms with Gasteiger partial charge in [0.15, 0.2) is 0 Å². The van der Waals surface area contributed by atoms with E-state index in [2.05, 4.69) is 41.3 Å². The highest BCUT2D eigenvalue weighted by molar-refractivity contribution is 7.99. The Morgan fingerprint density at radius 3 is 2.50 bits per heavy atom. The van der Waals surface area contributed by atoms with Crippen LogP contribution in [-0.2, 0) is 6.54 Å². The molecule has 3 fully saturated rings. The van der Waals surface area contributed by atoms with Gasteiger partial charge in [-0.3, -0.25) is 0 Å². The molecule has 0 aromatic heterocycles. The topological polar surface area (TPSA) is 12.0 Å². The molecule has 4 rings (SSSR count). The van der Waals surface area contributed by atoms with E-state index in [9.17, 15) is 0 Å². The Kier molecular flexibility index (Phi) is 3.78. The van der Waals surface area contributed by atoms with Crippen molar-refractivity contribution in [3.63, 3.8) is 0 Å². The molecular formula is C18H25NS. The zero-order valence-electron chi connectivity index (χ0n) is 12.2. The second-order valence-electron chi connectivity index (χ2n) is 7.05. The molecule has 1 N–H and O–H groups in total. The summed E-state index contributed by atoms with van der Waals surface area (Å²) in [5.74, 6) is 4.51. The van der Waals surface area contributed by atoms with Gasteiger partial charge in [0.2, 0.25) is 0 Å². The van der Waals surface area contributed by atoms with Crippen LogP contribution in [0, 0.1) is 17.8 Å². The van der Waals surface area contributed by atoms with Gasteiger partial charge in [0, 0.05) is 23.2 Å². The van der Waals surface area contributed by atoms with Crippen molar-refractivity contribution in [1.29, 1.82) is 0 Å². The van der Waals surface area contributed by atoms with Crippen LogP contribution in [0.4, 0.5) is 0 Å². The van der Waals surface area contributed by atoms with Crippen LogP contribution in [0.15, 0.2) is 29.2 Å². The quantitative estimate of drug-likeness (QED) is 0.775. The SMILES string of the molecule is c1cc(SCC2CC3CCC2C3)ccc1CNC1CC1. The molecular weight excluding hydrogens is 262 g/mol. The number of thioether (sulfide) groups is 1. The Bertz CT molecular complexity index is 451. The van der Waals surface area contributed by atoms with Crippen LogP contribution >= 0.6 is 11.8 Å². The first-order valence-corrected chi connectivity index (χ1v) is 9.30. The minimum Gasteiger partial charge on any atom is -0.310 e. The maximum absolute atomic E-state index is 3.58. The van der Waals surface area contributed by atoms with E-state index in [-0.39, 0.29) is 0 Å². The van der Waals surface area contributed by atoms with Crippen molar-refractivity contribution in [3.05, 3.63) is 29.8 Å².